The topological polar surface area (TPSA) is 41.6 Å². The van der Waals surface area contributed by atoms with Gasteiger partial charge in [0.15, 0.2) is 0 Å². The molecule has 3 rings (SSSR count). The molecule has 2 aromatic carbocycles. The molecule has 2 aromatic rings. The first-order valence-electron chi connectivity index (χ1n) is 7.51. The minimum Gasteiger partial charge on any atom is -0.497 e. The van der Waals surface area contributed by atoms with Crippen LogP contribution in [0.4, 0.5) is 10.5 Å². The van der Waals surface area contributed by atoms with Gasteiger partial charge in [-0.15, -0.1) is 0 Å². The van der Waals surface area contributed by atoms with Crippen molar-refractivity contribution in [1.82, 2.24) is 4.90 Å². The largest absolute Gasteiger partial charge is 0.497 e. The van der Waals surface area contributed by atoms with Crippen molar-refractivity contribution < 1.29 is 9.53 Å². The maximum atomic E-state index is 12.3. The number of hydrogen-bond acceptors (Lipinski definition) is 2. The molecule has 1 aliphatic rings. The summed E-state index contributed by atoms with van der Waals surface area (Å²) in [5.74, 6) is 1.21. The lowest BCUT2D eigenvalue weighted by atomic mass is 9.99. The van der Waals surface area contributed by atoms with Crippen LogP contribution in [0.1, 0.15) is 17.9 Å². The first-order valence-corrected chi connectivity index (χ1v) is 7.51. The van der Waals surface area contributed by atoms with Crippen molar-refractivity contribution in [2.75, 3.05) is 25.5 Å². The number of benzene rings is 2. The van der Waals surface area contributed by atoms with Gasteiger partial charge in [-0.1, -0.05) is 30.3 Å². The van der Waals surface area contributed by atoms with Gasteiger partial charge in [0.1, 0.15) is 5.75 Å². The van der Waals surface area contributed by atoms with Crippen molar-refractivity contribution in [2.24, 2.45) is 0 Å². The fourth-order valence-electron chi connectivity index (χ4n) is 2.82. The number of likely N-dealkylation sites (tertiary alicyclic amines) is 1. The molecule has 0 aromatic heterocycles. The van der Waals surface area contributed by atoms with Gasteiger partial charge in [0, 0.05) is 24.7 Å². The highest BCUT2D eigenvalue weighted by Crippen LogP contribution is 2.27. The number of amides is 2. The molecule has 1 unspecified atom stereocenters. The van der Waals surface area contributed by atoms with Gasteiger partial charge < -0.3 is 15.0 Å². The summed E-state index contributed by atoms with van der Waals surface area (Å²) in [5.41, 5.74) is 2.09. The van der Waals surface area contributed by atoms with E-state index in [1.807, 2.05) is 35.2 Å². The van der Waals surface area contributed by atoms with Gasteiger partial charge in [0.25, 0.3) is 0 Å². The normalized spacial score (nSPS) is 17.3. The van der Waals surface area contributed by atoms with Crippen LogP contribution in [0.5, 0.6) is 5.75 Å². The van der Waals surface area contributed by atoms with Crippen LogP contribution in [-0.4, -0.2) is 31.1 Å². The van der Waals surface area contributed by atoms with Gasteiger partial charge in [-0.05, 0) is 36.2 Å². The van der Waals surface area contributed by atoms with E-state index in [4.69, 9.17) is 4.74 Å². The van der Waals surface area contributed by atoms with Gasteiger partial charge >= 0.3 is 6.03 Å². The van der Waals surface area contributed by atoms with Crippen LogP contribution in [-0.2, 0) is 0 Å². The predicted octanol–water partition coefficient (Wildman–Crippen LogP) is 3.72. The summed E-state index contributed by atoms with van der Waals surface area (Å²) in [6.45, 7) is 1.56. The van der Waals surface area contributed by atoms with E-state index in [0.29, 0.717) is 5.92 Å². The Hall–Kier alpha value is -2.49. The summed E-state index contributed by atoms with van der Waals surface area (Å²) in [7, 11) is 1.63. The number of urea groups is 1. The third-order valence-corrected chi connectivity index (χ3v) is 4.09. The van der Waals surface area contributed by atoms with E-state index in [9.17, 15) is 4.79 Å². The zero-order chi connectivity index (χ0) is 15.4. The number of hydrogen-bond donors (Lipinski definition) is 1. The number of methoxy groups -OCH3 is 1. The van der Waals surface area contributed by atoms with Crippen molar-refractivity contribution in [3.63, 3.8) is 0 Å². The highest BCUT2D eigenvalue weighted by atomic mass is 16.5. The van der Waals surface area contributed by atoms with E-state index in [1.54, 1.807) is 7.11 Å². The number of ether oxygens (including phenoxy) is 1. The molecular weight excluding hydrogens is 276 g/mol. The van der Waals surface area contributed by atoms with E-state index >= 15 is 0 Å². The SMILES string of the molecule is COc1ccc(NC(=O)N2CCC(c3ccccc3)C2)cc1. The Morgan fingerprint density at radius 2 is 1.86 bits per heavy atom. The first kappa shape index (κ1) is 14.4. The molecule has 1 heterocycles. The van der Waals surface area contributed by atoms with Crippen LogP contribution >= 0.6 is 0 Å². The van der Waals surface area contributed by atoms with Crippen LogP contribution in [0, 0.1) is 0 Å². The second-order valence-corrected chi connectivity index (χ2v) is 5.50. The van der Waals surface area contributed by atoms with Gasteiger partial charge in [-0.3, -0.25) is 0 Å². The molecule has 4 nitrogen and oxygen atoms in total. The third-order valence-electron chi connectivity index (χ3n) is 4.09. The Morgan fingerprint density at radius 3 is 2.55 bits per heavy atom. The number of carbonyl (C=O) groups is 1. The molecule has 1 aliphatic heterocycles. The Labute approximate surface area is 130 Å². The van der Waals surface area contributed by atoms with Crippen LogP contribution in [0.2, 0.25) is 0 Å². The summed E-state index contributed by atoms with van der Waals surface area (Å²) in [6, 6.07) is 17.7. The average molecular weight is 296 g/mol. The quantitative estimate of drug-likeness (QED) is 0.938. The lowest BCUT2D eigenvalue weighted by molar-refractivity contribution is 0.222. The molecule has 0 spiro atoms. The summed E-state index contributed by atoms with van der Waals surface area (Å²) in [5, 5.41) is 2.94. The molecular formula is C18H20N2O2. The van der Waals surface area contributed by atoms with E-state index in [1.165, 1.54) is 5.56 Å². The van der Waals surface area contributed by atoms with Crippen molar-refractivity contribution in [1.29, 1.82) is 0 Å². The molecule has 0 bridgehead atoms. The standard InChI is InChI=1S/C18H20N2O2/c1-22-17-9-7-16(8-10-17)19-18(21)20-12-11-15(13-20)14-5-3-2-4-6-14/h2-10,15H,11-13H2,1H3,(H,19,21). The molecule has 2 amide bonds. The monoisotopic (exact) mass is 296 g/mol. The third kappa shape index (κ3) is 3.22. The van der Waals surface area contributed by atoms with Gasteiger partial charge in [0.2, 0.25) is 0 Å². The van der Waals surface area contributed by atoms with Crippen LogP contribution in [0.3, 0.4) is 0 Å². The highest BCUT2D eigenvalue weighted by Gasteiger charge is 2.27. The molecule has 4 heteroatoms. The summed E-state index contributed by atoms with van der Waals surface area (Å²) >= 11 is 0. The first-order chi connectivity index (χ1) is 10.8. The number of rotatable bonds is 3. The zero-order valence-electron chi connectivity index (χ0n) is 12.7. The molecule has 0 radical (unpaired) electrons. The van der Waals surface area contributed by atoms with Crippen LogP contribution < -0.4 is 10.1 Å². The van der Waals surface area contributed by atoms with Crippen LogP contribution in [0.15, 0.2) is 54.6 Å². The van der Waals surface area contributed by atoms with E-state index in [2.05, 4.69) is 29.6 Å². The van der Waals surface area contributed by atoms with Crippen molar-refractivity contribution in [3.05, 3.63) is 60.2 Å². The smallest absolute Gasteiger partial charge is 0.321 e. The highest BCUT2D eigenvalue weighted by molar-refractivity contribution is 5.89. The summed E-state index contributed by atoms with van der Waals surface area (Å²) in [6.07, 6.45) is 1.01. The molecule has 1 atom stereocenters. The Bertz CT molecular complexity index is 625. The lowest BCUT2D eigenvalue weighted by Crippen LogP contribution is -2.32. The Balaban J connectivity index is 1.59. The second-order valence-electron chi connectivity index (χ2n) is 5.50. The molecule has 114 valence electrons. The summed E-state index contributed by atoms with van der Waals surface area (Å²) < 4.78 is 5.11. The molecule has 22 heavy (non-hydrogen) atoms. The van der Waals surface area contributed by atoms with E-state index in [0.717, 1.165) is 30.9 Å². The van der Waals surface area contributed by atoms with Gasteiger partial charge in [0.05, 0.1) is 7.11 Å². The number of nitrogens with zero attached hydrogens (tertiary/aromatic N) is 1. The number of anilines is 1. The van der Waals surface area contributed by atoms with Gasteiger partial charge in [-0.2, -0.15) is 0 Å². The molecule has 1 N–H and O–H groups in total. The average Bonchev–Trinajstić information content (AvgIpc) is 3.06. The maximum Gasteiger partial charge on any atom is 0.321 e. The lowest BCUT2D eigenvalue weighted by Gasteiger charge is -2.17. The number of carbonyl (C=O) groups excluding carboxylic acids is 1. The fourth-order valence-corrected chi connectivity index (χ4v) is 2.82. The molecule has 1 fully saturated rings. The van der Waals surface area contributed by atoms with E-state index < -0.39 is 0 Å². The Morgan fingerprint density at radius 1 is 1.14 bits per heavy atom. The van der Waals surface area contributed by atoms with Crippen molar-refractivity contribution in [2.45, 2.75) is 12.3 Å². The second kappa shape index (κ2) is 6.52. The van der Waals surface area contributed by atoms with Crippen molar-refractivity contribution in [3.8, 4) is 5.75 Å². The Kier molecular flexibility index (Phi) is 4.28. The number of nitrogens with one attached hydrogen (secondary N) is 1. The zero-order valence-corrected chi connectivity index (χ0v) is 12.7. The maximum absolute atomic E-state index is 12.3. The summed E-state index contributed by atoms with van der Waals surface area (Å²) in [4.78, 5) is 14.2. The van der Waals surface area contributed by atoms with Crippen molar-refractivity contribution >= 4 is 11.7 Å². The molecule has 1 saturated heterocycles. The predicted molar refractivity (Wildman–Crippen MR) is 87.4 cm³/mol. The minimum absolute atomic E-state index is 0.0383. The van der Waals surface area contributed by atoms with Crippen LogP contribution in [0.25, 0.3) is 0 Å². The fraction of sp³-hybridized carbons (Fsp3) is 0.278. The van der Waals surface area contributed by atoms with Gasteiger partial charge in [-0.25, -0.2) is 4.79 Å². The molecule has 0 aliphatic carbocycles. The minimum atomic E-state index is -0.0383. The molecule has 0 saturated carbocycles. The van der Waals surface area contributed by atoms with E-state index in [-0.39, 0.29) is 6.03 Å².